The van der Waals surface area contributed by atoms with Crippen molar-refractivity contribution in [3.63, 3.8) is 0 Å². The largest absolute Gasteiger partial charge is 0.309 e. The van der Waals surface area contributed by atoms with Gasteiger partial charge >= 0.3 is 0 Å². The molecule has 1 aliphatic rings. The summed E-state index contributed by atoms with van der Waals surface area (Å²) in [6, 6.07) is 9.50. The standard InChI is InChI=1S/C17H22N2S/c1-12-3-5-14(6-4-12)16(15-7-8-15)19-11-13(2)17-18-9-10-20-17/h3-6,9-10,13,15-16,19H,7-8,11H2,1-2H3. The average Bonchev–Trinajstić information content (AvgIpc) is 3.14. The lowest BCUT2D eigenvalue weighted by Crippen LogP contribution is -2.27. The Balaban J connectivity index is 1.64. The van der Waals surface area contributed by atoms with Gasteiger partial charge in [0.25, 0.3) is 0 Å². The summed E-state index contributed by atoms with van der Waals surface area (Å²) in [5, 5.41) is 7.06. The number of nitrogens with one attached hydrogen (secondary N) is 1. The molecule has 20 heavy (non-hydrogen) atoms. The first-order chi connectivity index (χ1) is 9.74. The second-order valence-electron chi connectivity index (χ2n) is 5.91. The highest BCUT2D eigenvalue weighted by molar-refractivity contribution is 7.09. The van der Waals surface area contributed by atoms with Crippen molar-refractivity contribution in [3.8, 4) is 0 Å². The second-order valence-corrected chi connectivity index (χ2v) is 6.83. The van der Waals surface area contributed by atoms with Gasteiger partial charge in [0.2, 0.25) is 0 Å². The molecule has 3 heteroatoms. The van der Waals surface area contributed by atoms with Crippen LogP contribution in [0.15, 0.2) is 35.8 Å². The molecule has 0 spiro atoms. The molecule has 2 nitrogen and oxygen atoms in total. The van der Waals surface area contributed by atoms with E-state index in [0.29, 0.717) is 12.0 Å². The fourth-order valence-electron chi connectivity index (χ4n) is 2.63. The van der Waals surface area contributed by atoms with E-state index in [1.54, 1.807) is 11.3 Å². The summed E-state index contributed by atoms with van der Waals surface area (Å²) in [6.45, 7) is 5.40. The van der Waals surface area contributed by atoms with E-state index in [0.717, 1.165) is 12.5 Å². The van der Waals surface area contributed by atoms with E-state index in [1.165, 1.54) is 29.0 Å². The Morgan fingerprint density at radius 3 is 2.65 bits per heavy atom. The predicted octanol–water partition coefficient (Wildman–Crippen LogP) is 4.30. The van der Waals surface area contributed by atoms with Crippen LogP contribution in [0.25, 0.3) is 0 Å². The summed E-state index contributed by atoms with van der Waals surface area (Å²) in [5.74, 6) is 1.31. The summed E-state index contributed by atoms with van der Waals surface area (Å²) in [4.78, 5) is 4.42. The van der Waals surface area contributed by atoms with Crippen LogP contribution in [-0.2, 0) is 0 Å². The maximum absolute atomic E-state index is 4.42. The zero-order valence-corrected chi connectivity index (χ0v) is 13.0. The lowest BCUT2D eigenvalue weighted by Gasteiger charge is -2.21. The maximum Gasteiger partial charge on any atom is 0.0965 e. The minimum atomic E-state index is 0.488. The summed E-state index contributed by atoms with van der Waals surface area (Å²) >= 11 is 1.75. The van der Waals surface area contributed by atoms with Gasteiger partial charge in [-0.25, -0.2) is 4.98 Å². The van der Waals surface area contributed by atoms with E-state index in [1.807, 2.05) is 6.20 Å². The molecule has 1 N–H and O–H groups in total. The number of hydrogen-bond acceptors (Lipinski definition) is 3. The SMILES string of the molecule is Cc1ccc(C(NCC(C)c2nccs2)C2CC2)cc1. The molecular weight excluding hydrogens is 264 g/mol. The van der Waals surface area contributed by atoms with Crippen LogP contribution < -0.4 is 5.32 Å². The number of thiazole rings is 1. The van der Waals surface area contributed by atoms with Crippen molar-refractivity contribution < 1.29 is 0 Å². The van der Waals surface area contributed by atoms with Crippen molar-refractivity contribution in [2.45, 2.75) is 38.6 Å². The first-order valence-corrected chi connectivity index (χ1v) is 8.31. The zero-order chi connectivity index (χ0) is 13.9. The molecule has 1 aromatic heterocycles. The molecule has 0 amide bonds. The van der Waals surface area contributed by atoms with E-state index in [9.17, 15) is 0 Å². The van der Waals surface area contributed by atoms with Gasteiger partial charge in [0.1, 0.15) is 0 Å². The van der Waals surface area contributed by atoms with Crippen molar-refractivity contribution in [1.29, 1.82) is 0 Å². The van der Waals surface area contributed by atoms with Gasteiger partial charge < -0.3 is 5.32 Å². The highest BCUT2D eigenvalue weighted by Crippen LogP contribution is 2.41. The lowest BCUT2D eigenvalue weighted by molar-refractivity contribution is 0.462. The highest BCUT2D eigenvalue weighted by Gasteiger charge is 2.32. The van der Waals surface area contributed by atoms with Crippen LogP contribution in [0.1, 0.15) is 47.9 Å². The minimum Gasteiger partial charge on any atom is -0.309 e. The Morgan fingerprint density at radius 1 is 1.30 bits per heavy atom. The van der Waals surface area contributed by atoms with Crippen LogP contribution in [0.4, 0.5) is 0 Å². The summed E-state index contributed by atoms with van der Waals surface area (Å²) in [7, 11) is 0. The van der Waals surface area contributed by atoms with Gasteiger partial charge in [-0.2, -0.15) is 0 Å². The van der Waals surface area contributed by atoms with Gasteiger partial charge in [-0.05, 0) is 31.2 Å². The van der Waals surface area contributed by atoms with Crippen LogP contribution in [0.3, 0.4) is 0 Å². The van der Waals surface area contributed by atoms with Crippen LogP contribution in [-0.4, -0.2) is 11.5 Å². The van der Waals surface area contributed by atoms with Crippen molar-refractivity contribution in [3.05, 3.63) is 52.0 Å². The third-order valence-corrected chi connectivity index (χ3v) is 5.05. The molecule has 0 aliphatic heterocycles. The van der Waals surface area contributed by atoms with E-state index >= 15 is 0 Å². The highest BCUT2D eigenvalue weighted by atomic mass is 32.1. The topological polar surface area (TPSA) is 24.9 Å². The number of aromatic nitrogens is 1. The Hall–Kier alpha value is -1.19. The van der Waals surface area contributed by atoms with Gasteiger partial charge in [0, 0.05) is 30.1 Å². The van der Waals surface area contributed by atoms with Crippen molar-refractivity contribution >= 4 is 11.3 Å². The second kappa shape index (κ2) is 6.06. The maximum atomic E-state index is 4.42. The van der Waals surface area contributed by atoms with Crippen molar-refractivity contribution in [2.24, 2.45) is 5.92 Å². The molecule has 1 aromatic carbocycles. The molecule has 0 saturated heterocycles. The fraction of sp³-hybridized carbons (Fsp3) is 0.471. The lowest BCUT2D eigenvalue weighted by atomic mass is 10.0. The molecule has 1 heterocycles. The van der Waals surface area contributed by atoms with Crippen LogP contribution in [0, 0.1) is 12.8 Å². The van der Waals surface area contributed by atoms with Crippen LogP contribution in [0.2, 0.25) is 0 Å². The van der Waals surface area contributed by atoms with E-state index in [4.69, 9.17) is 0 Å². The minimum absolute atomic E-state index is 0.488. The fourth-order valence-corrected chi connectivity index (χ4v) is 3.33. The number of nitrogens with zero attached hydrogens (tertiary/aromatic N) is 1. The van der Waals surface area contributed by atoms with Gasteiger partial charge in [0.05, 0.1) is 5.01 Å². The summed E-state index contributed by atoms with van der Waals surface area (Å²) in [6.07, 6.45) is 4.61. The van der Waals surface area contributed by atoms with Crippen LogP contribution in [0.5, 0.6) is 0 Å². The Bertz CT molecular complexity index is 529. The monoisotopic (exact) mass is 286 g/mol. The Kier molecular flexibility index (Phi) is 4.18. The van der Waals surface area contributed by atoms with Crippen molar-refractivity contribution in [2.75, 3.05) is 6.54 Å². The van der Waals surface area contributed by atoms with Gasteiger partial charge in [0.15, 0.2) is 0 Å². The van der Waals surface area contributed by atoms with Gasteiger partial charge in [-0.3, -0.25) is 0 Å². The first-order valence-electron chi connectivity index (χ1n) is 7.43. The number of aryl methyl sites for hydroxylation is 1. The Labute approximate surface area is 125 Å². The zero-order valence-electron chi connectivity index (χ0n) is 12.2. The third-order valence-electron chi connectivity index (χ3n) is 4.05. The van der Waals surface area contributed by atoms with E-state index < -0.39 is 0 Å². The Morgan fingerprint density at radius 2 is 2.05 bits per heavy atom. The molecule has 2 unspecified atom stereocenters. The molecule has 0 radical (unpaired) electrons. The molecule has 2 aromatic rings. The third kappa shape index (κ3) is 3.28. The summed E-state index contributed by atoms with van der Waals surface area (Å²) in [5.41, 5.74) is 2.77. The normalized spacial score (nSPS) is 17.9. The molecule has 1 saturated carbocycles. The average molecular weight is 286 g/mol. The molecule has 1 fully saturated rings. The molecule has 106 valence electrons. The van der Waals surface area contributed by atoms with Crippen LogP contribution >= 0.6 is 11.3 Å². The summed E-state index contributed by atoms with van der Waals surface area (Å²) < 4.78 is 0. The molecule has 0 bridgehead atoms. The van der Waals surface area contributed by atoms with Gasteiger partial charge in [-0.15, -0.1) is 11.3 Å². The number of benzene rings is 1. The molecule has 2 atom stereocenters. The molecule has 3 rings (SSSR count). The quantitative estimate of drug-likeness (QED) is 0.856. The molecule has 1 aliphatic carbocycles. The number of rotatable bonds is 6. The predicted molar refractivity (Wildman–Crippen MR) is 85.2 cm³/mol. The smallest absolute Gasteiger partial charge is 0.0965 e. The van der Waals surface area contributed by atoms with E-state index in [-0.39, 0.29) is 0 Å². The first kappa shape index (κ1) is 13.8. The van der Waals surface area contributed by atoms with E-state index in [2.05, 4.69) is 53.8 Å². The molecular formula is C17H22N2S. The number of hydrogen-bond donors (Lipinski definition) is 1. The van der Waals surface area contributed by atoms with Gasteiger partial charge in [-0.1, -0.05) is 36.8 Å². The van der Waals surface area contributed by atoms with Crippen molar-refractivity contribution in [1.82, 2.24) is 10.3 Å².